The lowest BCUT2D eigenvalue weighted by Gasteiger charge is -2.03. The van der Waals surface area contributed by atoms with Gasteiger partial charge in [0.05, 0.1) is 12.1 Å². The molecule has 6 heteroatoms. The van der Waals surface area contributed by atoms with Gasteiger partial charge in [-0.05, 0) is 36.4 Å². The third-order valence-electron chi connectivity index (χ3n) is 2.72. The molecule has 2 heterocycles. The number of nitrogens with one attached hydrogen (secondary N) is 2. The van der Waals surface area contributed by atoms with E-state index in [1.54, 1.807) is 6.07 Å². The summed E-state index contributed by atoms with van der Waals surface area (Å²) >= 11 is 5.83. The second-order valence-corrected chi connectivity index (χ2v) is 4.59. The Morgan fingerprint density at radius 3 is 2.68 bits per heavy atom. The van der Waals surface area contributed by atoms with Crippen LogP contribution in [0.5, 0.6) is 0 Å². The van der Waals surface area contributed by atoms with Crippen molar-refractivity contribution >= 4 is 34.3 Å². The van der Waals surface area contributed by atoms with Crippen LogP contribution >= 0.6 is 11.6 Å². The first-order valence-electron chi connectivity index (χ1n) is 5.81. The van der Waals surface area contributed by atoms with Crippen LogP contribution in [0.4, 0.5) is 11.5 Å². The summed E-state index contributed by atoms with van der Waals surface area (Å²) in [6.07, 6.45) is 0. The molecule has 0 saturated carbocycles. The van der Waals surface area contributed by atoms with E-state index in [0.717, 1.165) is 17.0 Å². The lowest BCUT2D eigenvalue weighted by Crippen LogP contribution is -2.00. The van der Waals surface area contributed by atoms with Crippen molar-refractivity contribution in [2.24, 2.45) is 0 Å². The van der Waals surface area contributed by atoms with Gasteiger partial charge in [0.15, 0.2) is 5.65 Å². The zero-order valence-corrected chi connectivity index (χ0v) is 10.8. The highest BCUT2D eigenvalue weighted by atomic mass is 35.5. The first kappa shape index (κ1) is 11.8. The van der Waals surface area contributed by atoms with Crippen LogP contribution in [0.25, 0.3) is 11.2 Å². The molecule has 3 aromatic rings. The number of benzene rings is 1. The maximum atomic E-state index is 5.83. The molecule has 0 aliphatic carbocycles. The average molecular weight is 274 g/mol. The molecule has 0 fully saturated rings. The number of nitrogens with two attached hydrogens (primary N) is 1. The van der Waals surface area contributed by atoms with E-state index in [-0.39, 0.29) is 0 Å². The van der Waals surface area contributed by atoms with Gasteiger partial charge >= 0.3 is 0 Å². The van der Waals surface area contributed by atoms with Gasteiger partial charge in [-0.15, -0.1) is 0 Å². The monoisotopic (exact) mass is 273 g/mol. The number of nitrogen functional groups attached to an aromatic ring is 1. The highest BCUT2D eigenvalue weighted by Crippen LogP contribution is 2.15. The number of fused-ring (bicyclic) bond motifs is 1. The maximum absolute atomic E-state index is 5.83. The van der Waals surface area contributed by atoms with Gasteiger partial charge < -0.3 is 16.0 Å². The number of aromatic nitrogens is 3. The van der Waals surface area contributed by atoms with Gasteiger partial charge in [0.25, 0.3) is 0 Å². The van der Waals surface area contributed by atoms with Gasteiger partial charge in [-0.3, -0.25) is 0 Å². The van der Waals surface area contributed by atoms with E-state index in [2.05, 4.69) is 20.3 Å². The molecule has 0 bridgehead atoms. The molecule has 0 spiro atoms. The molecular formula is C13H12ClN5. The SMILES string of the molecule is Nc1ccc2[nH]c(CNc3ccc(Cl)cc3)nc2n1. The molecule has 96 valence electrons. The van der Waals surface area contributed by atoms with E-state index in [1.807, 2.05) is 30.3 Å². The van der Waals surface area contributed by atoms with Crippen LogP contribution in [0.2, 0.25) is 5.02 Å². The number of imidazole rings is 1. The van der Waals surface area contributed by atoms with Gasteiger partial charge in [0.2, 0.25) is 0 Å². The Morgan fingerprint density at radius 2 is 1.89 bits per heavy atom. The number of nitrogens with zero attached hydrogens (tertiary/aromatic N) is 2. The standard InChI is InChI=1S/C13H12ClN5/c14-8-1-3-9(4-2-8)16-7-12-17-10-5-6-11(15)18-13(10)19-12/h1-6,16H,7H2,(H3,15,17,18,19). The van der Waals surface area contributed by atoms with Gasteiger partial charge in [0, 0.05) is 10.7 Å². The van der Waals surface area contributed by atoms with Crippen molar-refractivity contribution in [1.29, 1.82) is 0 Å². The molecule has 0 unspecified atom stereocenters. The third-order valence-corrected chi connectivity index (χ3v) is 2.97. The zero-order chi connectivity index (χ0) is 13.2. The predicted octanol–water partition coefficient (Wildman–Crippen LogP) is 2.81. The largest absolute Gasteiger partial charge is 0.384 e. The van der Waals surface area contributed by atoms with Crippen LogP contribution in [0.15, 0.2) is 36.4 Å². The first-order chi connectivity index (χ1) is 9.20. The summed E-state index contributed by atoms with van der Waals surface area (Å²) in [5.74, 6) is 1.28. The molecule has 2 aromatic heterocycles. The van der Waals surface area contributed by atoms with Crippen molar-refractivity contribution in [3.63, 3.8) is 0 Å². The van der Waals surface area contributed by atoms with E-state index in [9.17, 15) is 0 Å². The zero-order valence-electron chi connectivity index (χ0n) is 10.0. The molecule has 0 amide bonds. The quantitative estimate of drug-likeness (QED) is 0.685. The first-order valence-corrected chi connectivity index (χ1v) is 6.19. The van der Waals surface area contributed by atoms with Crippen LogP contribution in [0.3, 0.4) is 0 Å². The van der Waals surface area contributed by atoms with Crippen molar-refractivity contribution in [3.8, 4) is 0 Å². The summed E-state index contributed by atoms with van der Waals surface area (Å²) < 4.78 is 0. The fourth-order valence-corrected chi connectivity index (χ4v) is 1.92. The number of halogens is 1. The molecule has 0 radical (unpaired) electrons. The van der Waals surface area contributed by atoms with Crippen molar-refractivity contribution in [3.05, 3.63) is 47.2 Å². The summed E-state index contributed by atoms with van der Waals surface area (Å²) in [4.78, 5) is 11.7. The summed E-state index contributed by atoms with van der Waals surface area (Å²) in [7, 11) is 0. The van der Waals surface area contributed by atoms with Crippen LogP contribution in [-0.4, -0.2) is 15.0 Å². The average Bonchev–Trinajstić information content (AvgIpc) is 2.80. The second-order valence-electron chi connectivity index (χ2n) is 4.15. The summed E-state index contributed by atoms with van der Waals surface area (Å²) in [6.45, 7) is 0.581. The third kappa shape index (κ3) is 2.61. The number of hydrogen-bond acceptors (Lipinski definition) is 4. The Balaban J connectivity index is 1.76. The molecule has 1 aromatic carbocycles. The number of H-pyrrole nitrogens is 1. The predicted molar refractivity (Wildman–Crippen MR) is 77.1 cm³/mol. The van der Waals surface area contributed by atoms with Crippen LogP contribution in [0, 0.1) is 0 Å². The smallest absolute Gasteiger partial charge is 0.179 e. The van der Waals surface area contributed by atoms with Crippen molar-refractivity contribution in [2.75, 3.05) is 11.1 Å². The minimum atomic E-state index is 0.469. The van der Waals surface area contributed by atoms with E-state index in [4.69, 9.17) is 17.3 Å². The minimum Gasteiger partial charge on any atom is -0.384 e. The van der Waals surface area contributed by atoms with Gasteiger partial charge in [-0.25, -0.2) is 9.97 Å². The highest BCUT2D eigenvalue weighted by Gasteiger charge is 2.04. The van der Waals surface area contributed by atoms with Crippen LogP contribution < -0.4 is 11.1 Å². The Labute approximate surface area is 114 Å². The van der Waals surface area contributed by atoms with E-state index >= 15 is 0 Å². The number of hydrogen-bond donors (Lipinski definition) is 3. The van der Waals surface area contributed by atoms with Gasteiger partial charge in [-0.2, -0.15) is 0 Å². The Morgan fingerprint density at radius 1 is 1.11 bits per heavy atom. The number of rotatable bonds is 3. The fourth-order valence-electron chi connectivity index (χ4n) is 1.79. The van der Waals surface area contributed by atoms with E-state index < -0.39 is 0 Å². The summed E-state index contributed by atoms with van der Waals surface area (Å²) in [5.41, 5.74) is 8.11. The molecule has 4 N–H and O–H groups in total. The van der Waals surface area contributed by atoms with E-state index in [1.165, 1.54) is 0 Å². The van der Waals surface area contributed by atoms with Crippen molar-refractivity contribution < 1.29 is 0 Å². The second kappa shape index (κ2) is 4.78. The van der Waals surface area contributed by atoms with Crippen molar-refractivity contribution in [2.45, 2.75) is 6.54 Å². The Bertz CT molecular complexity index is 705. The molecular weight excluding hydrogens is 262 g/mol. The lowest BCUT2D eigenvalue weighted by atomic mass is 10.3. The molecule has 19 heavy (non-hydrogen) atoms. The van der Waals surface area contributed by atoms with Gasteiger partial charge in [-0.1, -0.05) is 11.6 Å². The number of anilines is 2. The topological polar surface area (TPSA) is 79.6 Å². The molecule has 0 saturated heterocycles. The minimum absolute atomic E-state index is 0.469. The molecule has 0 aliphatic rings. The number of aromatic amines is 1. The molecule has 3 rings (SSSR count). The van der Waals surface area contributed by atoms with E-state index in [0.29, 0.717) is 23.0 Å². The maximum Gasteiger partial charge on any atom is 0.179 e. The molecule has 0 atom stereocenters. The normalized spacial score (nSPS) is 10.8. The molecule has 0 aliphatic heterocycles. The summed E-state index contributed by atoms with van der Waals surface area (Å²) in [5, 5.41) is 3.97. The van der Waals surface area contributed by atoms with Gasteiger partial charge in [0.1, 0.15) is 11.6 Å². The summed E-state index contributed by atoms with van der Waals surface area (Å²) in [6, 6.07) is 11.1. The lowest BCUT2D eigenvalue weighted by molar-refractivity contribution is 1.01. The van der Waals surface area contributed by atoms with Crippen molar-refractivity contribution in [1.82, 2.24) is 15.0 Å². The number of pyridine rings is 1. The highest BCUT2D eigenvalue weighted by molar-refractivity contribution is 6.30. The van der Waals surface area contributed by atoms with Crippen LogP contribution in [0.1, 0.15) is 5.82 Å². The fraction of sp³-hybridized carbons (Fsp3) is 0.0769. The molecule has 5 nitrogen and oxygen atoms in total. The van der Waals surface area contributed by atoms with Crippen LogP contribution in [-0.2, 0) is 6.54 Å². The Hall–Kier alpha value is -2.27. The Kier molecular flexibility index (Phi) is 2.97.